The maximum absolute atomic E-state index is 11.3. The number of anilines is 3. The minimum absolute atomic E-state index is 0.0356. The van der Waals surface area contributed by atoms with Crippen LogP contribution >= 0.6 is 0 Å². The average molecular weight is 364 g/mol. The molecule has 0 unspecified atom stereocenters. The van der Waals surface area contributed by atoms with Crippen molar-refractivity contribution in [2.75, 3.05) is 29.6 Å². The number of hydrazone groups is 1. The highest BCUT2D eigenvalue weighted by molar-refractivity contribution is 5.76. The first-order valence-corrected chi connectivity index (χ1v) is 7.42. The van der Waals surface area contributed by atoms with Crippen LogP contribution in [0.4, 0.5) is 23.7 Å². The number of furan rings is 1. The molecular formula is C13H16N8O5. The highest BCUT2D eigenvalue weighted by Gasteiger charge is 2.10. The van der Waals surface area contributed by atoms with E-state index in [4.69, 9.17) is 14.9 Å². The van der Waals surface area contributed by atoms with Crippen molar-refractivity contribution < 1.29 is 18.9 Å². The molecule has 0 aliphatic carbocycles. The molecule has 0 aliphatic heterocycles. The second-order valence-electron chi connectivity index (χ2n) is 4.63. The lowest BCUT2D eigenvalue weighted by Crippen LogP contribution is -2.14. The number of nitrogens with one attached hydrogen (secondary N) is 2. The summed E-state index contributed by atoms with van der Waals surface area (Å²) in [5.41, 5.74) is 8.08. The van der Waals surface area contributed by atoms with Crippen LogP contribution in [0.1, 0.15) is 19.1 Å². The Balaban J connectivity index is 1.92. The number of carbonyl (C=O) groups is 1. The Hall–Kier alpha value is -3.77. The zero-order chi connectivity index (χ0) is 18.9. The van der Waals surface area contributed by atoms with Crippen molar-refractivity contribution >= 4 is 35.9 Å². The first-order valence-electron chi connectivity index (χ1n) is 7.42. The fraction of sp³-hybridized carbons (Fsp3) is 0.308. The molecule has 2 aromatic rings. The number of carbonyl (C=O) groups excluding carboxylic acids is 1. The number of esters is 1. The standard InChI is InChI=1S/C13H16N8O5/c1-2-25-10(22)5-6-15-12-17-11(14)18-13(19-12)20-16-7-8-3-4-9(26-8)21(23)24/h3-4,7H,2,5-6H2,1H3,(H4,14,15,17,18,19,20)/b16-7+. The monoisotopic (exact) mass is 364 g/mol. The van der Waals surface area contributed by atoms with Gasteiger partial charge >= 0.3 is 11.9 Å². The van der Waals surface area contributed by atoms with Crippen LogP contribution < -0.4 is 16.5 Å². The molecule has 0 saturated carbocycles. The van der Waals surface area contributed by atoms with E-state index < -0.39 is 10.8 Å². The molecule has 0 bridgehead atoms. The Kier molecular flexibility index (Phi) is 6.36. The summed E-state index contributed by atoms with van der Waals surface area (Å²) >= 11 is 0. The maximum atomic E-state index is 11.3. The molecule has 0 radical (unpaired) electrons. The van der Waals surface area contributed by atoms with Crippen LogP contribution in [0.25, 0.3) is 0 Å². The minimum Gasteiger partial charge on any atom is -0.466 e. The Morgan fingerprint density at radius 3 is 2.88 bits per heavy atom. The van der Waals surface area contributed by atoms with E-state index in [9.17, 15) is 14.9 Å². The van der Waals surface area contributed by atoms with E-state index in [1.807, 2.05) is 0 Å². The van der Waals surface area contributed by atoms with E-state index in [0.29, 0.717) is 6.61 Å². The fourth-order valence-electron chi connectivity index (χ4n) is 1.69. The third-order valence-electron chi connectivity index (χ3n) is 2.72. The third-order valence-corrected chi connectivity index (χ3v) is 2.72. The van der Waals surface area contributed by atoms with Gasteiger partial charge in [0.1, 0.15) is 4.92 Å². The van der Waals surface area contributed by atoms with Gasteiger partial charge in [-0.3, -0.25) is 14.9 Å². The molecule has 0 saturated heterocycles. The Morgan fingerprint density at radius 1 is 1.42 bits per heavy atom. The van der Waals surface area contributed by atoms with Crippen molar-refractivity contribution in [1.82, 2.24) is 15.0 Å². The largest absolute Gasteiger partial charge is 0.466 e. The lowest BCUT2D eigenvalue weighted by molar-refractivity contribution is -0.402. The highest BCUT2D eigenvalue weighted by Crippen LogP contribution is 2.14. The molecule has 26 heavy (non-hydrogen) atoms. The summed E-state index contributed by atoms with van der Waals surface area (Å²) in [6, 6.07) is 2.58. The first kappa shape index (κ1) is 18.6. The van der Waals surface area contributed by atoms with Crippen LogP contribution in [0.5, 0.6) is 0 Å². The van der Waals surface area contributed by atoms with Crippen LogP contribution in [-0.2, 0) is 9.53 Å². The van der Waals surface area contributed by atoms with Gasteiger partial charge in [0.15, 0.2) is 5.76 Å². The molecule has 0 aromatic carbocycles. The summed E-state index contributed by atoms with van der Waals surface area (Å²) in [6.45, 7) is 2.28. The number of ether oxygens (including phenoxy) is 1. The molecule has 2 aromatic heterocycles. The number of nitrogen functional groups attached to an aromatic ring is 1. The van der Waals surface area contributed by atoms with Crippen molar-refractivity contribution in [2.24, 2.45) is 5.10 Å². The molecule has 0 aliphatic rings. The third kappa shape index (κ3) is 5.70. The molecular weight excluding hydrogens is 348 g/mol. The van der Waals surface area contributed by atoms with E-state index in [1.165, 1.54) is 18.3 Å². The quantitative estimate of drug-likeness (QED) is 0.247. The molecule has 138 valence electrons. The Labute approximate surface area is 146 Å². The predicted molar refractivity (Wildman–Crippen MR) is 90.6 cm³/mol. The van der Waals surface area contributed by atoms with Crippen molar-refractivity contribution in [2.45, 2.75) is 13.3 Å². The van der Waals surface area contributed by atoms with Crippen LogP contribution in [-0.4, -0.2) is 45.2 Å². The van der Waals surface area contributed by atoms with E-state index in [1.54, 1.807) is 6.92 Å². The molecule has 0 atom stereocenters. The van der Waals surface area contributed by atoms with E-state index >= 15 is 0 Å². The Bertz CT molecular complexity index is 806. The van der Waals surface area contributed by atoms with Crippen LogP contribution in [0.15, 0.2) is 21.7 Å². The van der Waals surface area contributed by atoms with Crippen molar-refractivity contribution in [3.63, 3.8) is 0 Å². The van der Waals surface area contributed by atoms with Gasteiger partial charge in [0.2, 0.25) is 17.8 Å². The van der Waals surface area contributed by atoms with E-state index in [-0.39, 0.29) is 42.5 Å². The number of rotatable bonds is 9. The first-order chi connectivity index (χ1) is 12.5. The number of aromatic nitrogens is 3. The molecule has 0 fully saturated rings. The van der Waals surface area contributed by atoms with Crippen LogP contribution in [0.3, 0.4) is 0 Å². The van der Waals surface area contributed by atoms with Crippen molar-refractivity contribution in [1.29, 1.82) is 0 Å². The highest BCUT2D eigenvalue weighted by atomic mass is 16.6. The van der Waals surface area contributed by atoms with Gasteiger partial charge in [0.25, 0.3) is 0 Å². The van der Waals surface area contributed by atoms with Gasteiger partial charge in [-0.25, -0.2) is 5.43 Å². The molecule has 0 spiro atoms. The summed E-state index contributed by atoms with van der Waals surface area (Å²) < 4.78 is 9.70. The van der Waals surface area contributed by atoms with Gasteiger partial charge in [-0.15, -0.1) is 0 Å². The average Bonchev–Trinajstić information content (AvgIpc) is 3.04. The summed E-state index contributed by atoms with van der Waals surface area (Å²) in [4.78, 5) is 32.8. The second kappa shape index (κ2) is 8.91. The van der Waals surface area contributed by atoms with Gasteiger partial charge in [-0.2, -0.15) is 20.1 Å². The maximum Gasteiger partial charge on any atom is 0.433 e. The normalized spacial score (nSPS) is 10.7. The molecule has 0 amide bonds. The molecule has 2 heterocycles. The molecule has 13 heteroatoms. The van der Waals surface area contributed by atoms with E-state index in [0.717, 1.165) is 0 Å². The van der Waals surface area contributed by atoms with Crippen molar-refractivity contribution in [3.8, 4) is 0 Å². The summed E-state index contributed by atoms with van der Waals surface area (Å²) in [6.07, 6.45) is 1.35. The lowest BCUT2D eigenvalue weighted by Gasteiger charge is -2.06. The Morgan fingerprint density at radius 2 is 2.19 bits per heavy atom. The number of nitrogens with two attached hydrogens (primary N) is 1. The van der Waals surface area contributed by atoms with Crippen LogP contribution in [0.2, 0.25) is 0 Å². The van der Waals surface area contributed by atoms with E-state index in [2.05, 4.69) is 30.8 Å². The molecule has 4 N–H and O–H groups in total. The predicted octanol–water partition coefficient (Wildman–Crippen LogP) is 0.766. The number of hydrogen-bond acceptors (Lipinski definition) is 12. The van der Waals surface area contributed by atoms with Crippen molar-refractivity contribution in [3.05, 3.63) is 28.0 Å². The smallest absolute Gasteiger partial charge is 0.433 e. The molecule has 13 nitrogen and oxygen atoms in total. The fourth-order valence-corrected chi connectivity index (χ4v) is 1.69. The number of hydrogen-bond donors (Lipinski definition) is 3. The lowest BCUT2D eigenvalue weighted by atomic mass is 10.4. The second-order valence-corrected chi connectivity index (χ2v) is 4.63. The number of nitrogens with zero attached hydrogens (tertiary/aromatic N) is 5. The zero-order valence-corrected chi connectivity index (χ0v) is 13.7. The summed E-state index contributed by atoms with van der Waals surface area (Å²) in [7, 11) is 0. The van der Waals surface area contributed by atoms with Crippen LogP contribution in [0, 0.1) is 10.1 Å². The van der Waals surface area contributed by atoms with Gasteiger partial charge in [-0.1, -0.05) is 0 Å². The van der Waals surface area contributed by atoms with Gasteiger partial charge in [0, 0.05) is 6.54 Å². The van der Waals surface area contributed by atoms with Gasteiger partial charge in [0.05, 0.1) is 25.3 Å². The van der Waals surface area contributed by atoms with Gasteiger partial charge in [-0.05, 0) is 13.0 Å². The molecule has 2 rings (SSSR count). The SMILES string of the molecule is CCOC(=O)CCNc1nc(N)nc(N/N=C/c2ccc([N+](=O)[O-])o2)n1. The topological polar surface area (TPSA) is 184 Å². The summed E-state index contributed by atoms with van der Waals surface area (Å²) in [5.74, 6) is -0.466. The summed E-state index contributed by atoms with van der Waals surface area (Å²) in [5, 5.41) is 17.1. The van der Waals surface area contributed by atoms with Gasteiger partial charge < -0.3 is 20.2 Å². The minimum atomic E-state index is -0.661. The zero-order valence-electron chi connectivity index (χ0n) is 13.7. The number of nitro groups is 1.